The summed E-state index contributed by atoms with van der Waals surface area (Å²) in [5, 5.41) is 11.3. The molecule has 0 spiro atoms. The average Bonchev–Trinajstić information content (AvgIpc) is 3.49. The number of benzene rings is 3. The first-order valence-corrected chi connectivity index (χ1v) is 17.1. The third kappa shape index (κ3) is 4.62. The Morgan fingerprint density at radius 2 is 1.60 bits per heavy atom. The molecular formula is C38H35ClFN3O7. The summed E-state index contributed by atoms with van der Waals surface area (Å²) in [5.41, 5.74) is 1.27. The number of ether oxygens (including phenoxy) is 2. The largest absolute Gasteiger partial charge is 0.504 e. The van der Waals surface area contributed by atoms with Gasteiger partial charge >= 0.3 is 0 Å². The van der Waals surface area contributed by atoms with Crippen LogP contribution in [0, 0.1) is 34.9 Å². The van der Waals surface area contributed by atoms with Gasteiger partial charge in [0, 0.05) is 30.3 Å². The fourth-order valence-corrected chi connectivity index (χ4v) is 9.23. The summed E-state index contributed by atoms with van der Waals surface area (Å²) in [4.78, 5) is 61.9. The smallest absolute Gasteiger partial charge is 0.241 e. The lowest BCUT2D eigenvalue weighted by atomic mass is 9.51. The SMILES string of the molecule is COc1cccc([C@H]2C3=CC[C@@H]4C(=O)N(c5ccc(N6CCOCC6)cc5)C(=O)[C@@H]4[C@@H]3C[C@H]3C(=O)N(c4ccc(F)c(Cl)c4)C(=O)[C@@]23C)c1O. The van der Waals surface area contributed by atoms with E-state index in [0.29, 0.717) is 24.5 Å². The monoisotopic (exact) mass is 699 g/mol. The Morgan fingerprint density at radius 3 is 2.30 bits per heavy atom. The Hall–Kier alpha value is -4.74. The van der Waals surface area contributed by atoms with E-state index < -0.39 is 52.6 Å². The van der Waals surface area contributed by atoms with E-state index in [2.05, 4.69) is 4.90 Å². The number of amides is 4. The number of allylic oxidation sites excluding steroid dienone is 2. The van der Waals surface area contributed by atoms with Crippen molar-refractivity contribution in [3.8, 4) is 11.5 Å². The van der Waals surface area contributed by atoms with Crippen LogP contribution in [0.1, 0.15) is 31.2 Å². The number of para-hydroxylation sites is 1. The van der Waals surface area contributed by atoms with Crippen LogP contribution in [0.5, 0.6) is 11.5 Å². The van der Waals surface area contributed by atoms with Crippen LogP contribution in [0.15, 0.2) is 72.3 Å². The molecule has 2 aliphatic carbocycles. The molecule has 8 rings (SSSR count). The van der Waals surface area contributed by atoms with Crippen molar-refractivity contribution in [2.24, 2.45) is 29.1 Å². The molecule has 0 bridgehead atoms. The normalized spacial score (nSPS) is 29.2. The number of aromatic hydroxyl groups is 1. The lowest BCUT2D eigenvalue weighted by Crippen LogP contribution is -2.48. The number of carbonyl (C=O) groups is 4. The molecule has 10 nitrogen and oxygen atoms in total. The van der Waals surface area contributed by atoms with Gasteiger partial charge in [0.05, 0.1) is 59.9 Å². The number of hydrogen-bond donors (Lipinski definition) is 1. The average molecular weight is 700 g/mol. The summed E-state index contributed by atoms with van der Waals surface area (Å²) < 4.78 is 25.1. The highest BCUT2D eigenvalue weighted by Crippen LogP contribution is 2.65. The van der Waals surface area contributed by atoms with Crippen LogP contribution < -0.4 is 19.4 Å². The van der Waals surface area contributed by atoms with Gasteiger partial charge in [-0.25, -0.2) is 9.29 Å². The lowest BCUT2D eigenvalue weighted by Gasteiger charge is -2.49. The van der Waals surface area contributed by atoms with E-state index in [1.54, 1.807) is 37.3 Å². The molecule has 1 N–H and O–H groups in total. The van der Waals surface area contributed by atoms with Crippen molar-refractivity contribution >= 4 is 52.3 Å². The summed E-state index contributed by atoms with van der Waals surface area (Å²) in [6.45, 7) is 4.46. The first kappa shape index (κ1) is 32.5. The van der Waals surface area contributed by atoms with Gasteiger partial charge in [0.1, 0.15) is 5.82 Å². The number of fused-ring (bicyclic) bond motifs is 4. The van der Waals surface area contributed by atoms with E-state index in [1.165, 1.54) is 24.1 Å². The van der Waals surface area contributed by atoms with Gasteiger partial charge in [-0.05, 0) is 74.2 Å². The first-order chi connectivity index (χ1) is 24.1. The molecule has 3 aromatic rings. The zero-order valence-corrected chi connectivity index (χ0v) is 28.2. The molecule has 4 amide bonds. The van der Waals surface area contributed by atoms with E-state index in [1.807, 2.05) is 18.2 Å². The summed E-state index contributed by atoms with van der Waals surface area (Å²) >= 11 is 6.09. The van der Waals surface area contributed by atoms with Gasteiger partial charge in [-0.2, -0.15) is 0 Å². The fourth-order valence-electron chi connectivity index (χ4n) is 9.06. The van der Waals surface area contributed by atoms with Crippen LogP contribution in [-0.4, -0.2) is 62.1 Å². The number of rotatable bonds is 5. The minimum Gasteiger partial charge on any atom is -0.504 e. The van der Waals surface area contributed by atoms with Crippen LogP contribution in [0.4, 0.5) is 21.5 Å². The minimum atomic E-state index is -1.41. The van der Waals surface area contributed by atoms with Crippen LogP contribution in [0.3, 0.4) is 0 Å². The molecule has 3 aromatic carbocycles. The summed E-state index contributed by atoms with van der Waals surface area (Å²) in [5.74, 6) is -6.16. The van der Waals surface area contributed by atoms with Gasteiger partial charge in [-0.3, -0.25) is 24.1 Å². The Balaban J connectivity index is 1.21. The van der Waals surface area contributed by atoms with E-state index in [4.69, 9.17) is 21.1 Å². The van der Waals surface area contributed by atoms with Crippen molar-refractivity contribution < 1.29 is 38.1 Å². The molecule has 0 unspecified atom stereocenters. The van der Waals surface area contributed by atoms with E-state index in [9.17, 15) is 28.7 Å². The van der Waals surface area contributed by atoms with Crippen LogP contribution in [0.2, 0.25) is 5.02 Å². The maximum atomic E-state index is 14.6. The molecule has 3 heterocycles. The molecule has 12 heteroatoms. The second-order valence-electron chi connectivity index (χ2n) is 13.8. The molecule has 0 aromatic heterocycles. The number of morpholine rings is 1. The van der Waals surface area contributed by atoms with E-state index in [0.717, 1.165) is 35.3 Å². The van der Waals surface area contributed by atoms with Crippen molar-refractivity contribution in [2.45, 2.75) is 25.7 Å². The first-order valence-electron chi connectivity index (χ1n) is 16.8. The summed E-state index contributed by atoms with van der Waals surface area (Å²) in [6, 6.07) is 16.0. The molecule has 3 aliphatic heterocycles. The number of halogens is 2. The Morgan fingerprint density at radius 1 is 0.900 bits per heavy atom. The number of methoxy groups -OCH3 is 1. The number of phenolic OH excluding ortho intramolecular Hbond substituents is 1. The summed E-state index contributed by atoms with van der Waals surface area (Å²) in [6.07, 6.45) is 2.30. The molecule has 3 saturated heterocycles. The highest BCUT2D eigenvalue weighted by molar-refractivity contribution is 6.32. The van der Waals surface area contributed by atoms with E-state index in [-0.39, 0.29) is 46.9 Å². The predicted octanol–water partition coefficient (Wildman–Crippen LogP) is 5.47. The number of nitrogens with zero attached hydrogens (tertiary/aromatic N) is 3. The van der Waals surface area contributed by atoms with E-state index >= 15 is 0 Å². The Labute approximate surface area is 293 Å². The molecular weight excluding hydrogens is 665 g/mol. The zero-order chi connectivity index (χ0) is 35.1. The zero-order valence-electron chi connectivity index (χ0n) is 27.5. The highest BCUT2D eigenvalue weighted by atomic mass is 35.5. The van der Waals surface area contributed by atoms with Crippen molar-refractivity contribution in [1.82, 2.24) is 0 Å². The third-order valence-electron chi connectivity index (χ3n) is 11.5. The Kier molecular flexibility index (Phi) is 7.76. The maximum absolute atomic E-state index is 14.6. The molecule has 0 radical (unpaired) electrons. The number of anilines is 3. The van der Waals surface area contributed by atoms with Crippen molar-refractivity contribution in [1.29, 1.82) is 0 Å². The third-order valence-corrected chi connectivity index (χ3v) is 11.8. The standard InChI is InChI=1S/C38H35ClFN3O7/c1-38-27(35(46)43(37(38)48)22-10-13-29(40)28(39)18-22)19-26-23(32(38)25-4-3-5-30(49-2)33(25)44)11-12-24-31(26)36(47)42(34(24)45)21-8-6-20(7-9-21)41-14-16-50-17-15-41/h3-11,13,18,24,26-27,31-32,44H,12,14-17,19H2,1-2H3/t24-,26+,27-,31-,32+,38+/m0/s1. The van der Waals surface area contributed by atoms with Gasteiger partial charge in [-0.1, -0.05) is 35.4 Å². The molecule has 4 fully saturated rings. The minimum absolute atomic E-state index is 0.129. The van der Waals surface area contributed by atoms with Crippen LogP contribution in [-0.2, 0) is 23.9 Å². The summed E-state index contributed by atoms with van der Waals surface area (Å²) in [7, 11) is 1.42. The molecule has 5 aliphatic rings. The van der Waals surface area contributed by atoms with Gasteiger partial charge in [-0.15, -0.1) is 0 Å². The van der Waals surface area contributed by atoms with Crippen molar-refractivity contribution in [2.75, 3.05) is 48.1 Å². The quantitative estimate of drug-likeness (QED) is 0.276. The van der Waals surface area contributed by atoms with Gasteiger partial charge in [0.2, 0.25) is 23.6 Å². The number of carbonyl (C=O) groups excluding carboxylic acids is 4. The number of imide groups is 2. The van der Waals surface area contributed by atoms with Crippen molar-refractivity contribution in [3.05, 3.63) is 88.7 Å². The van der Waals surface area contributed by atoms with Crippen LogP contribution >= 0.6 is 11.6 Å². The second-order valence-corrected chi connectivity index (χ2v) is 14.2. The molecule has 6 atom stereocenters. The highest BCUT2D eigenvalue weighted by Gasteiger charge is 2.68. The fraction of sp³-hybridized carbons (Fsp3) is 0.368. The molecule has 1 saturated carbocycles. The molecule has 258 valence electrons. The predicted molar refractivity (Wildman–Crippen MR) is 183 cm³/mol. The number of phenols is 1. The Bertz CT molecular complexity index is 1980. The topological polar surface area (TPSA) is 117 Å². The molecule has 50 heavy (non-hydrogen) atoms. The number of hydrogen-bond acceptors (Lipinski definition) is 8. The maximum Gasteiger partial charge on any atom is 0.241 e. The van der Waals surface area contributed by atoms with Crippen LogP contribution in [0.25, 0.3) is 0 Å². The van der Waals surface area contributed by atoms with Gasteiger partial charge in [0.25, 0.3) is 0 Å². The lowest BCUT2D eigenvalue weighted by molar-refractivity contribution is -0.131. The second kappa shape index (κ2) is 11.9. The van der Waals surface area contributed by atoms with Crippen molar-refractivity contribution in [3.63, 3.8) is 0 Å². The van der Waals surface area contributed by atoms with Gasteiger partial charge in [0.15, 0.2) is 11.5 Å². The van der Waals surface area contributed by atoms with Gasteiger partial charge < -0.3 is 19.5 Å².